The van der Waals surface area contributed by atoms with Crippen LogP contribution in [0.5, 0.6) is 0 Å². The zero-order valence-electron chi connectivity index (χ0n) is 12.6. The van der Waals surface area contributed by atoms with E-state index in [0.29, 0.717) is 12.1 Å². The molecule has 22 heavy (non-hydrogen) atoms. The zero-order valence-corrected chi connectivity index (χ0v) is 12.6. The predicted molar refractivity (Wildman–Crippen MR) is 80.0 cm³/mol. The number of nitrogens with zero attached hydrogens (tertiary/aromatic N) is 1. The SMILES string of the molecule is CC(=O)NC[C@@H]1OC(=O)N2c3ccc(C(C)=O)cc3CC[C@H]12. The van der Waals surface area contributed by atoms with Crippen LogP contribution >= 0.6 is 0 Å². The molecule has 2 aliphatic rings. The second-order valence-corrected chi connectivity index (χ2v) is 5.74. The molecule has 0 saturated carbocycles. The molecular weight excluding hydrogens is 284 g/mol. The molecule has 2 amide bonds. The number of ether oxygens (including phenoxy) is 1. The van der Waals surface area contributed by atoms with E-state index in [1.54, 1.807) is 17.0 Å². The van der Waals surface area contributed by atoms with E-state index in [1.807, 2.05) is 6.07 Å². The Kier molecular flexibility index (Phi) is 3.60. The second kappa shape index (κ2) is 5.44. The lowest BCUT2D eigenvalue weighted by atomic mass is 9.92. The summed E-state index contributed by atoms with van der Waals surface area (Å²) in [7, 11) is 0. The third-order valence-electron chi connectivity index (χ3n) is 4.22. The van der Waals surface area contributed by atoms with Crippen LogP contribution in [0.25, 0.3) is 0 Å². The van der Waals surface area contributed by atoms with E-state index >= 15 is 0 Å². The fraction of sp³-hybridized carbons (Fsp3) is 0.438. The Morgan fingerprint density at radius 3 is 2.82 bits per heavy atom. The van der Waals surface area contributed by atoms with Crippen molar-refractivity contribution in [1.82, 2.24) is 5.32 Å². The Balaban J connectivity index is 1.87. The minimum atomic E-state index is -0.392. The zero-order chi connectivity index (χ0) is 15.9. The van der Waals surface area contributed by atoms with E-state index in [-0.39, 0.29) is 23.8 Å². The number of anilines is 1. The number of nitrogens with one attached hydrogen (secondary N) is 1. The fourth-order valence-electron chi connectivity index (χ4n) is 3.12. The predicted octanol–water partition coefficient (Wildman–Crippen LogP) is 1.67. The lowest BCUT2D eigenvalue weighted by Gasteiger charge is -2.31. The van der Waals surface area contributed by atoms with Crippen LogP contribution in [0, 0.1) is 0 Å². The Morgan fingerprint density at radius 2 is 2.14 bits per heavy atom. The summed E-state index contributed by atoms with van der Waals surface area (Å²) in [6.07, 6.45) is 0.809. The van der Waals surface area contributed by atoms with Crippen LogP contribution in [0.4, 0.5) is 10.5 Å². The van der Waals surface area contributed by atoms with Gasteiger partial charge in [0.05, 0.1) is 18.3 Å². The highest BCUT2D eigenvalue weighted by molar-refractivity contribution is 5.97. The molecule has 2 aliphatic heterocycles. The van der Waals surface area contributed by atoms with Gasteiger partial charge in [-0.1, -0.05) is 0 Å². The van der Waals surface area contributed by atoms with Gasteiger partial charge in [-0.3, -0.25) is 14.5 Å². The van der Waals surface area contributed by atoms with Gasteiger partial charge < -0.3 is 10.1 Å². The van der Waals surface area contributed by atoms with Gasteiger partial charge in [0, 0.05) is 12.5 Å². The molecule has 0 aliphatic carbocycles. The van der Waals surface area contributed by atoms with E-state index in [0.717, 1.165) is 24.1 Å². The van der Waals surface area contributed by atoms with Gasteiger partial charge in [0.15, 0.2) is 5.78 Å². The lowest BCUT2D eigenvalue weighted by Crippen LogP contribution is -2.44. The monoisotopic (exact) mass is 302 g/mol. The van der Waals surface area contributed by atoms with Crippen molar-refractivity contribution < 1.29 is 19.1 Å². The van der Waals surface area contributed by atoms with Crippen LogP contribution in [0.3, 0.4) is 0 Å². The molecule has 1 aromatic carbocycles. The number of aryl methyl sites for hydroxylation is 1. The molecule has 0 spiro atoms. The van der Waals surface area contributed by atoms with Gasteiger partial charge in [0.2, 0.25) is 5.91 Å². The third-order valence-corrected chi connectivity index (χ3v) is 4.22. The lowest BCUT2D eigenvalue weighted by molar-refractivity contribution is -0.119. The van der Waals surface area contributed by atoms with Crippen molar-refractivity contribution in [3.05, 3.63) is 29.3 Å². The normalized spacial score (nSPS) is 22.6. The van der Waals surface area contributed by atoms with Gasteiger partial charge in [-0.05, 0) is 43.5 Å². The molecule has 0 bridgehead atoms. The maximum Gasteiger partial charge on any atom is 0.415 e. The Bertz CT molecular complexity index is 656. The van der Waals surface area contributed by atoms with Crippen LogP contribution in [0.2, 0.25) is 0 Å². The van der Waals surface area contributed by atoms with E-state index in [1.165, 1.54) is 13.8 Å². The number of fused-ring (bicyclic) bond motifs is 3. The molecule has 2 atom stereocenters. The minimum absolute atomic E-state index is 0.0115. The molecule has 1 saturated heterocycles. The summed E-state index contributed by atoms with van der Waals surface area (Å²) >= 11 is 0. The highest BCUT2D eigenvalue weighted by Crippen LogP contribution is 2.37. The summed E-state index contributed by atoms with van der Waals surface area (Å²) in [4.78, 5) is 36.3. The first kappa shape index (κ1) is 14.6. The largest absolute Gasteiger partial charge is 0.442 e. The molecule has 2 heterocycles. The summed E-state index contributed by atoms with van der Waals surface area (Å²) in [5.41, 5.74) is 2.44. The van der Waals surface area contributed by atoms with Crippen LogP contribution in [-0.4, -0.2) is 36.5 Å². The highest BCUT2D eigenvalue weighted by atomic mass is 16.6. The number of benzene rings is 1. The van der Waals surface area contributed by atoms with E-state index in [9.17, 15) is 14.4 Å². The number of rotatable bonds is 3. The molecule has 1 fully saturated rings. The molecule has 1 aromatic rings. The fourth-order valence-corrected chi connectivity index (χ4v) is 3.12. The maximum atomic E-state index is 12.2. The van der Waals surface area contributed by atoms with Crippen molar-refractivity contribution in [3.63, 3.8) is 0 Å². The molecule has 0 aromatic heterocycles. The molecule has 116 valence electrons. The number of amides is 2. The van der Waals surface area contributed by atoms with Crippen LogP contribution in [0.15, 0.2) is 18.2 Å². The highest BCUT2D eigenvalue weighted by Gasteiger charge is 2.45. The Hall–Kier alpha value is -2.37. The quantitative estimate of drug-likeness (QED) is 0.862. The first-order chi connectivity index (χ1) is 10.5. The second-order valence-electron chi connectivity index (χ2n) is 5.74. The van der Waals surface area contributed by atoms with E-state index in [2.05, 4.69) is 5.32 Å². The molecule has 3 rings (SSSR count). The molecule has 1 N–H and O–H groups in total. The first-order valence-electron chi connectivity index (χ1n) is 7.35. The Labute approximate surface area is 128 Å². The number of carbonyl (C=O) groups is 3. The van der Waals surface area contributed by atoms with E-state index in [4.69, 9.17) is 4.74 Å². The van der Waals surface area contributed by atoms with Crippen LogP contribution in [0.1, 0.15) is 36.2 Å². The average molecular weight is 302 g/mol. The molecule has 6 heteroatoms. The van der Waals surface area contributed by atoms with Crippen molar-refractivity contribution in [2.75, 3.05) is 11.4 Å². The van der Waals surface area contributed by atoms with Crippen LogP contribution in [-0.2, 0) is 16.0 Å². The van der Waals surface area contributed by atoms with E-state index < -0.39 is 6.09 Å². The molecule has 6 nitrogen and oxygen atoms in total. The van der Waals surface area contributed by atoms with Crippen molar-refractivity contribution in [2.45, 2.75) is 38.8 Å². The van der Waals surface area contributed by atoms with Gasteiger partial charge in [-0.2, -0.15) is 0 Å². The van der Waals surface area contributed by atoms with Gasteiger partial charge in [0.25, 0.3) is 0 Å². The smallest absolute Gasteiger partial charge is 0.415 e. The topological polar surface area (TPSA) is 75.7 Å². The number of hydrogen-bond acceptors (Lipinski definition) is 4. The van der Waals surface area contributed by atoms with Crippen molar-refractivity contribution >= 4 is 23.5 Å². The number of cyclic esters (lactones) is 1. The van der Waals surface area contributed by atoms with Crippen molar-refractivity contribution in [1.29, 1.82) is 0 Å². The Morgan fingerprint density at radius 1 is 1.36 bits per heavy atom. The summed E-state index contributed by atoms with van der Waals surface area (Å²) < 4.78 is 5.40. The molecule has 0 radical (unpaired) electrons. The van der Waals surface area contributed by atoms with Gasteiger partial charge >= 0.3 is 6.09 Å². The van der Waals surface area contributed by atoms with Crippen molar-refractivity contribution in [2.24, 2.45) is 0 Å². The number of Topliss-reactive ketones (excluding diaryl/α,β-unsaturated/α-hetero) is 1. The maximum absolute atomic E-state index is 12.2. The average Bonchev–Trinajstić information content (AvgIpc) is 2.81. The molecule has 0 unspecified atom stereocenters. The van der Waals surface area contributed by atoms with Crippen molar-refractivity contribution in [3.8, 4) is 0 Å². The van der Waals surface area contributed by atoms with Gasteiger partial charge in [0.1, 0.15) is 6.10 Å². The molecular formula is C16H18N2O4. The summed E-state index contributed by atoms with van der Waals surface area (Å²) in [5.74, 6) is -0.130. The van der Waals surface area contributed by atoms with Gasteiger partial charge in [-0.15, -0.1) is 0 Å². The third kappa shape index (κ3) is 2.45. The summed E-state index contributed by atoms with van der Waals surface area (Å²) in [6, 6.07) is 5.32. The standard InChI is InChI=1S/C16H18N2O4/c1-9(19)11-3-5-13-12(7-11)4-6-14-15(8-17-10(2)20)22-16(21)18(13)14/h3,5,7,14-15H,4,6,8H2,1-2H3,(H,17,20)/t14-,15+/m1/s1. The minimum Gasteiger partial charge on any atom is -0.442 e. The summed E-state index contributed by atoms with van der Waals surface area (Å²) in [5, 5.41) is 2.70. The van der Waals surface area contributed by atoms with Crippen LogP contribution < -0.4 is 10.2 Å². The number of hydrogen-bond donors (Lipinski definition) is 1. The van der Waals surface area contributed by atoms with Gasteiger partial charge in [-0.25, -0.2) is 4.79 Å². The number of carbonyl (C=O) groups excluding carboxylic acids is 3. The first-order valence-corrected chi connectivity index (χ1v) is 7.35. The summed E-state index contributed by atoms with van der Waals surface area (Å²) in [6.45, 7) is 3.29. The number of ketones is 1.